The molecule has 6 heteroatoms. The molecular weight excluding hydrogens is 350 g/mol. The van der Waals surface area contributed by atoms with Crippen LogP contribution in [0.3, 0.4) is 0 Å². The van der Waals surface area contributed by atoms with Gasteiger partial charge in [0.15, 0.2) is 0 Å². The van der Waals surface area contributed by atoms with E-state index >= 15 is 0 Å². The van der Waals surface area contributed by atoms with E-state index in [0.29, 0.717) is 5.56 Å². The SMILES string of the molecule is C[C@H](NC(=O)CNC(=O)c1ccc2ccccc2c1)c1ccc(F)cc1F. The van der Waals surface area contributed by atoms with Crippen LogP contribution < -0.4 is 10.6 Å². The number of benzene rings is 3. The van der Waals surface area contributed by atoms with Gasteiger partial charge in [0.25, 0.3) is 5.91 Å². The van der Waals surface area contributed by atoms with E-state index < -0.39 is 23.6 Å². The van der Waals surface area contributed by atoms with Crippen molar-refractivity contribution in [3.05, 3.63) is 83.4 Å². The molecular formula is C21H18F2N2O2. The van der Waals surface area contributed by atoms with Crippen molar-refractivity contribution in [3.8, 4) is 0 Å². The lowest BCUT2D eigenvalue weighted by atomic mass is 10.1. The lowest BCUT2D eigenvalue weighted by Crippen LogP contribution is -2.38. The van der Waals surface area contributed by atoms with Crippen molar-refractivity contribution in [1.82, 2.24) is 10.6 Å². The summed E-state index contributed by atoms with van der Waals surface area (Å²) in [5, 5.41) is 7.06. The lowest BCUT2D eigenvalue weighted by molar-refractivity contribution is -0.120. The Morgan fingerprint density at radius 2 is 1.70 bits per heavy atom. The predicted octanol–water partition coefficient (Wildman–Crippen LogP) is 3.73. The van der Waals surface area contributed by atoms with Gasteiger partial charge < -0.3 is 10.6 Å². The van der Waals surface area contributed by atoms with Gasteiger partial charge in [-0.3, -0.25) is 9.59 Å². The molecule has 0 saturated carbocycles. The van der Waals surface area contributed by atoms with Gasteiger partial charge in [-0.25, -0.2) is 8.78 Å². The summed E-state index contributed by atoms with van der Waals surface area (Å²) < 4.78 is 26.7. The molecule has 0 aliphatic heterocycles. The first kappa shape index (κ1) is 18.5. The Bertz CT molecular complexity index is 1000. The Morgan fingerprint density at radius 1 is 0.963 bits per heavy atom. The Kier molecular flexibility index (Phi) is 5.45. The number of halogens is 2. The van der Waals surface area contributed by atoms with Gasteiger partial charge in [0.2, 0.25) is 5.91 Å². The van der Waals surface area contributed by atoms with Gasteiger partial charge in [0.05, 0.1) is 12.6 Å². The summed E-state index contributed by atoms with van der Waals surface area (Å²) in [6.45, 7) is 1.33. The molecule has 1 atom stereocenters. The summed E-state index contributed by atoms with van der Waals surface area (Å²) in [4.78, 5) is 24.3. The molecule has 2 amide bonds. The first-order chi connectivity index (χ1) is 12.9. The van der Waals surface area contributed by atoms with Crippen LogP contribution in [0.2, 0.25) is 0 Å². The maximum Gasteiger partial charge on any atom is 0.251 e. The number of carbonyl (C=O) groups excluding carboxylic acids is 2. The largest absolute Gasteiger partial charge is 0.348 e. The van der Waals surface area contributed by atoms with Crippen LogP contribution in [0.15, 0.2) is 60.7 Å². The van der Waals surface area contributed by atoms with E-state index in [0.717, 1.165) is 22.9 Å². The van der Waals surface area contributed by atoms with E-state index in [1.807, 2.05) is 30.3 Å². The number of rotatable bonds is 5. The third-order valence-corrected chi connectivity index (χ3v) is 4.23. The van der Waals surface area contributed by atoms with Crippen LogP contribution in [0.4, 0.5) is 8.78 Å². The van der Waals surface area contributed by atoms with Gasteiger partial charge in [-0.15, -0.1) is 0 Å². The Balaban J connectivity index is 1.58. The molecule has 0 saturated heterocycles. The first-order valence-electron chi connectivity index (χ1n) is 8.45. The number of hydrogen-bond acceptors (Lipinski definition) is 2. The second-order valence-corrected chi connectivity index (χ2v) is 6.20. The Labute approximate surface area is 155 Å². The number of carbonyl (C=O) groups is 2. The van der Waals surface area contributed by atoms with Gasteiger partial charge in [-0.2, -0.15) is 0 Å². The van der Waals surface area contributed by atoms with Gasteiger partial charge in [-0.05, 0) is 35.9 Å². The summed E-state index contributed by atoms with van der Waals surface area (Å²) in [6, 6.07) is 15.4. The van der Waals surface area contributed by atoms with Gasteiger partial charge >= 0.3 is 0 Å². The molecule has 27 heavy (non-hydrogen) atoms. The lowest BCUT2D eigenvalue weighted by Gasteiger charge is -2.15. The minimum Gasteiger partial charge on any atom is -0.348 e. The van der Waals surface area contributed by atoms with Crippen LogP contribution in [0.1, 0.15) is 28.9 Å². The van der Waals surface area contributed by atoms with Crippen LogP contribution >= 0.6 is 0 Å². The molecule has 0 aliphatic rings. The molecule has 0 spiro atoms. The quantitative estimate of drug-likeness (QED) is 0.721. The van der Waals surface area contributed by atoms with E-state index in [4.69, 9.17) is 0 Å². The maximum atomic E-state index is 13.8. The average molecular weight is 368 g/mol. The molecule has 0 fully saturated rings. The van der Waals surface area contributed by atoms with Crippen molar-refractivity contribution in [2.24, 2.45) is 0 Å². The zero-order chi connectivity index (χ0) is 19.4. The topological polar surface area (TPSA) is 58.2 Å². The summed E-state index contributed by atoms with van der Waals surface area (Å²) in [7, 11) is 0. The highest BCUT2D eigenvalue weighted by Gasteiger charge is 2.15. The van der Waals surface area contributed by atoms with E-state index in [9.17, 15) is 18.4 Å². The molecule has 2 N–H and O–H groups in total. The van der Waals surface area contributed by atoms with Gasteiger partial charge in [-0.1, -0.05) is 36.4 Å². The zero-order valence-corrected chi connectivity index (χ0v) is 14.6. The molecule has 3 aromatic carbocycles. The summed E-state index contributed by atoms with van der Waals surface area (Å²) in [5.41, 5.74) is 0.615. The predicted molar refractivity (Wildman–Crippen MR) is 99.2 cm³/mol. The van der Waals surface area contributed by atoms with Crippen molar-refractivity contribution >= 4 is 22.6 Å². The molecule has 4 nitrogen and oxygen atoms in total. The minimum absolute atomic E-state index is 0.172. The van der Waals surface area contributed by atoms with E-state index in [2.05, 4.69) is 10.6 Å². The molecule has 0 aliphatic carbocycles. The molecule has 0 radical (unpaired) electrons. The fourth-order valence-corrected chi connectivity index (χ4v) is 2.82. The summed E-state index contributed by atoms with van der Waals surface area (Å²) in [5.74, 6) is -2.27. The highest BCUT2D eigenvalue weighted by molar-refractivity contribution is 6.00. The fourth-order valence-electron chi connectivity index (χ4n) is 2.82. The van der Waals surface area contributed by atoms with Crippen molar-refractivity contribution in [3.63, 3.8) is 0 Å². The van der Waals surface area contributed by atoms with Crippen LogP contribution in [0.5, 0.6) is 0 Å². The molecule has 138 valence electrons. The second-order valence-electron chi connectivity index (χ2n) is 6.20. The van der Waals surface area contributed by atoms with Crippen molar-refractivity contribution < 1.29 is 18.4 Å². The normalized spacial score (nSPS) is 11.8. The van der Waals surface area contributed by atoms with E-state index in [-0.39, 0.29) is 18.0 Å². The first-order valence-corrected chi connectivity index (χ1v) is 8.45. The Hall–Kier alpha value is -3.28. The number of hydrogen-bond donors (Lipinski definition) is 2. The van der Waals surface area contributed by atoms with Crippen LogP contribution in [0.25, 0.3) is 10.8 Å². The zero-order valence-electron chi connectivity index (χ0n) is 14.6. The molecule has 3 aromatic rings. The van der Waals surface area contributed by atoms with Crippen molar-refractivity contribution in [1.29, 1.82) is 0 Å². The third kappa shape index (κ3) is 4.47. The summed E-state index contributed by atoms with van der Waals surface area (Å²) in [6.07, 6.45) is 0. The van der Waals surface area contributed by atoms with E-state index in [1.54, 1.807) is 19.1 Å². The molecule has 3 rings (SSSR count). The van der Waals surface area contributed by atoms with E-state index in [1.165, 1.54) is 6.07 Å². The van der Waals surface area contributed by atoms with Gasteiger partial charge in [0.1, 0.15) is 11.6 Å². The number of amides is 2. The second kappa shape index (κ2) is 7.95. The standard InChI is InChI=1S/C21H18F2N2O2/c1-13(18-9-8-17(22)11-19(18)23)25-20(26)12-24-21(27)16-7-6-14-4-2-3-5-15(14)10-16/h2-11,13H,12H2,1H3,(H,24,27)(H,25,26)/t13-/m0/s1. The molecule has 0 bridgehead atoms. The number of nitrogens with one attached hydrogen (secondary N) is 2. The smallest absolute Gasteiger partial charge is 0.251 e. The molecule has 0 unspecified atom stereocenters. The van der Waals surface area contributed by atoms with Crippen molar-refractivity contribution in [2.75, 3.05) is 6.54 Å². The highest BCUT2D eigenvalue weighted by atomic mass is 19.1. The minimum atomic E-state index is -0.733. The summed E-state index contributed by atoms with van der Waals surface area (Å²) >= 11 is 0. The Morgan fingerprint density at radius 3 is 2.44 bits per heavy atom. The third-order valence-electron chi connectivity index (χ3n) is 4.23. The maximum absolute atomic E-state index is 13.8. The van der Waals surface area contributed by atoms with Crippen LogP contribution in [-0.4, -0.2) is 18.4 Å². The molecule has 0 aromatic heterocycles. The highest BCUT2D eigenvalue weighted by Crippen LogP contribution is 2.18. The number of fused-ring (bicyclic) bond motifs is 1. The van der Waals surface area contributed by atoms with Gasteiger partial charge in [0, 0.05) is 17.2 Å². The fraction of sp³-hybridized carbons (Fsp3) is 0.143. The van der Waals surface area contributed by atoms with Crippen LogP contribution in [-0.2, 0) is 4.79 Å². The average Bonchev–Trinajstić information content (AvgIpc) is 2.65. The van der Waals surface area contributed by atoms with Crippen LogP contribution in [0, 0.1) is 11.6 Å². The van der Waals surface area contributed by atoms with Crippen molar-refractivity contribution in [2.45, 2.75) is 13.0 Å². The monoisotopic (exact) mass is 368 g/mol. The molecule has 0 heterocycles.